The normalized spacial score (nSPS) is 10.4. The van der Waals surface area contributed by atoms with Gasteiger partial charge in [0.15, 0.2) is 5.78 Å². The number of hydrogen-bond donors (Lipinski definition) is 1. The Morgan fingerprint density at radius 3 is 2.43 bits per heavy atom. The lowest BCUT2D eigenvalue weighted by Gasteiger charge is -2.07. The van der Waals surface area contributed by atoms with Crippen molar-refractivity contribution in [3.8, 4) is 0 Å². The maximum atomic E-state index is 14.0. The Morgan fingerprint density at radius 1 is 1.09 bits per heavy atom. The summed E-state index contributed by atoms with van der Waals surface area (Å²) < 4.78 is 14.0. The fourth-order valence-electron chi connectivity index (χ4n) is 2.05. The number of carbonyl (C=O) groups excluding carboxylic acids is 2. The number of halogens is 1. The number of carbonyl (C=O) groups is 2. The van der Waals surface area contributed by atoms with Gasteiger partial charge in [0.2, 0.25) is 5.91 Å². The van der Waals surface area contributed by atoms with E-state index in [4.69, 9.17) is 0 Å². The Balaban J connectivity index is 2.05. The van der Waals surface area contributed by atoms with Gasteiger partial charge < -0.3 is 5.32 Å². The van der Waals surface area contributed by atoms with E-state index in [0.29, 0.717) is 5.69 Å². The summed E-state index contributed by atoms with van der Waals surface area (Å²) in [5.74, 6) is -1.02. The van der Waals surface area contributed by atoms with Crippen LogP contribution in [-0.4, -0.2) is 17.4 Å². The Kier molecular flexibility index (Phi) is 5.55. The lowest BCUT2D eigenvalue weighted by atomic mass is 10.1. The Labute approximate surface area is 139 Å². The van der Waals surface area contributed by atoms with E-state index in [2.05, 4.69) is 5.32 Å². The molecule has 0 saturated carbocycles. The monoisotopic (exact) mass is 331 g/mol. The van der Waals surface area contributed by atoms with Crippen LogP contribution in [0.3, 0.4) is 0 Å². The van der Waals surface area contributed by atoms with Gasteiger partial charge in [-0.25, -0.2) is 4.39 Å². The van der Waals surface area contributed by atoms with Gasteiger partial charge in [-0.3, -0.25) is 9.59 Å². The molecule has 2 rings (SSSR count). The minimum atomic E-state index is -0.623. The minimum absolute atomic E-state index is 0.0374. The van der Waals surface area contributed by atoms with E-state index in [0.717, 1.165) is 16.5 Å². The van der Waals surface area contributed by atoms with Crippen LogP contribution < -0.4 is 5.32 Å². The summed E-state index contributed by atoms with van der Waals surface area (Å²) in [6.45, 7) is 5.39. The summed E-state index contributed by atoms with van der Waals surface area (Å²) in [6, 6.07) is 10.1. The molecule has 0 bridgehead atoms. The van der Waals surface area contributed by atoms with E-state index in [1.54, 1.807) is 0 Å². The number of aryl methyl sites for hydroxylation is 2. The van der Waals surface area contributed by atoms with Crippen molar-refractivity contribution in [2.45, 2.75) is 25.7 Å². The maximum Gasteiger partial charge on any atom is 0.221 e. The smallest absolute Gasteiger partial charge is 0.221 e. The third kappa shape index (κ3) is 4.66. The van der Waals surface area contributed by atoms with Gasteiger partial charge in [0.1, 0.15) is 5.82 Å². The molecule has 2 aromatic rings. The summed E-state index contributed by atoms with van der Waals surface area (Å²) >= 11 is 1.38. The van der Waals surface area contributed by atoms with Crippen LogP contribution in [-0.2, 0) is 4.79 Å². The van der Waals surface area contributed by atoms with E-state index in [1.807, 2.05) is 32.0 Å². The number of benzene rings is 2. The first-order valence-electron chi connectivity index (χ1n) is 7.17. The second-order valence-electron chi connectivity index (χ2n) is 5.33. The summed E-state index contributed by atoms with van der Waals surface area (Å²) in [4.78, 5) is 24.1. The first kappa shape index (κ1) is 17.2. The van der Waals surface area contributed by atoms with Crippen molar-refractivity contribution in [2.75, 3.05) is 11.1 Å². The Hall–Kier alpha value is -2.14. The molecule has 0 fully saturated rings. The van der Waals surface area contributed by atoms with Crippen molar-refractivity contribution in [1.82, 2.24) is 0 Å². The molecular weight excluding hydrogens is 313 g/mol. The zero-order chi connectivity index (χ0) is 17.0. The van der Waals surface area contributed by atoms with Crippen molar-refractivity contribution in [3.05, 3.63) is 58.9 Å². The highest BCUT2D eigenvalue weighted by atomic mass is 32.2. The molecule has 23 heavy (non-hydrogen) atoms. The molecule has 0 atom stereocenters. The number of hydrogen-bond acceptors (Lipinski definition) is 3. The van der Waals surface area contributed by atoms with E-state index in [1.165, 1.54) is 36.4 Å². The molecule has 0 aliphatic rings. The lowest BCUT2D eigenvalue weighted by molar-refractivity contribution is -0.114. The van der Waals surface area contributed by atoms with Crippen LogP contribution in [0.25, 0.3) is 0 Å². The summed E-state index contributed by atoms with van der Waals surface area (Å²) in [5.41, 5.74) is 2.73. The minimum Gasteiger partial charge on any atom is -0.326 e. The summed E-state index contributed by atoms with van der Waals surface area (Å²) in [5, 5.41) is 2.49. The third-order valence-electron chi connectivity index (χ3n) is 3.44. The van der Waals surface area contributed by atoms with Gasteiger partial charge in [0.25, 0.3) is 0 Å². The Morgan fingerprint density at radius 2 is 1.83 bits per heavy atom. The molecule has 1 N–H and O–H groups in total. The number of Topliss-reactive ketones (excluding diaryl/α,β-unsaturated/α-hetero) is 1. The molecule has 0 unspecified atom stereocenters. The average molecular weight is 331 g/mol. The molecule has 0 spiro atoms. The molecule has 120 valence electrons. The highest BCUT2D eigenvalue weighted by Crippen LogP contribution is 2.23. The van der Waals surface area contributed by atoms with Gasteiger partial charge in [-0.05, 0) is 55.3 Å². The zero-order valence-electron chi connectivity index (χ0n) is 13.3. The predicted molar refractivity (Wildman–Crippen MR) is 91.7 cm³/mol. The largest absolute Gasteiger partial charge is 0.326 e. The standard InChI is InChI=1S/C18H18FNO2S/c1-11-4-6-15(8-12(11)2)23-10-18(22)16-7-5-14(9-17(16)19)20-13(3)21/h4-9H,10H2,1-3H3,(H,20,21). The van der Waals surface area contributed by atoms with Crippen molar-refractivity contribution in [3.63, 3.8) is 0 Å². The van der Waals surface area contributed by atoms with Crippen LogP contribution in [0, 0.1) is 19.7 Å². The van der Waals surface area contributed by atoms with Crippen LogP contribution in [0.5, 0.6) is 0 Å². The number of nitrogens with one attached hydrogen (secondary N) is 1. The molecule has 3 nitrogen and oxygen atoms in total. The van der Waals surface area contributed by atoms with Crippen LogP contribution in [0.2, 0.25) is 0 Å². The molecule has 1 amide bonds. The highest BCUT2D eigenvalue weighted by molar-refractivity contribution is 8.00. The molecule has 0 aliphatic heterocycles. The molecule has 5 heteroatoms. The first-order chi connectivity index (χ1) is 10.9. The number of ketones is 1. The number of amides is 1. The zero-order valence-corrected chi connectivity index (χ0v) is 14.1. The van der Waals surface area contributed by atoms with E-state index in [9.17, 15) is 14.0 Å². The third-order valence-corrected chi connectivity index (χ3v) is 4.43. The first-order valence-corrected chi connectivity index (χ1v) is 8.16. The second-order valence-corrected chi connectivity index (χ2v) is 6.38. The molecule has 0 aliphatic carbocycles. The number of anilines is 1. The van der Waals surface area contributed by atoms with Gasteiger partial charge >= 0.3 is 0 Å². The van der Waals surface area contributed by atoms with Crippen molar-refractivity contribution < 1.29 is 14.0 Å². The SMILES string of the molecule is CC(=O)Nc1ccc(C(=O)CSc2ccc(C)c(C)c2)c(F)c1. The molecule has 0 aromatic heterocycles. The van der Waals surface area contributed by atoms with E-state index in [-0.39, 0.29) is 23.0 Å². The van der Waals surface area contributed by atoms with Crippen molar-refractivity contribution >= 4 is 29.1 Å². The molecular formula is C18H18FNO2S. The van der Waals surface area contributed by atoms with Gasteiger partial charge in [-0.2, -0.15) is 0 Å². The van der Waals surface area contributed by atoms with Crippen molar-refractivity contribution in [2.24, 2.45) is 0 Å². The fraction of sp³-hybridized carbons (Fsp3) is 0.222. The quantitative estimate of drug-likeness (QED) is 0.653. The van der Waals surface area contributed by atoms with E-state index < -0.39 is 5.82 Å². The number of thioether (sulfide) groups is 1. The summed E-state index contributed by atoms with van der Waals surface area (Å²) in [6.07, 6.45) is 0. The molecule has 0 radical (unpaired) electrons. The number of rotatable bonds is 5. The molecule has 0 saturated heterocycles. The fourth-order valence-corrected chi connectivity index (χ4v) is 2.93. The molecule has 2 aromatic carbocycles. The van der Waals surface area contributed by atoms with Crippen LogP contribution in [0.1, 0.15) is 28.4 Å². The molecule has 0 heterocycles. The van der Waals surface area contributed by atoms with Crippen LogP contribution >= 0.6 is 11.8 Å². The predicted octanol–water partition coefficient (Wildman–Crippen LogP) is 4.38. The van der Waals surface area contributed by atoms with Gasteiger partial charge in [0.05, 0.1) is 11.3 Å². The lowest BCUT2D eigenvalue weighted by Crippen LogP contribution is -2.09. The summed E-state index contributed by atoms with van der Waals surface area (Å²) in [7, 11) is 0. The average Bonchev–Trinajstić information content (AvgIpc) is 2.47. The van der Waals surface area contributed by atoms with Gasteiger partial charge in [0, 0.05) is 17.5 Å². The van der Waals surface area contributed by atoms with Gasteiger partial charge in [-0.1, -0.05) is 6.07 Å². The topological polar surface area (TPSA) is 46.2 Å². The van der Waals surface area contributed by atoms with E-state index >= 15 is 0 Å². The highest BCUT2D eigenvalue weighted by Gasteiger charge is 2.13. The van der Waals surface area contributed by atoms with Crippen molar-refractivity contribution in [1.29, 1.82) is 0 Å². The second kappa shape index (κ2) is 7.42. The van der Waals surface area contributed by atoms with Crippen LogP contribution in [0.4, 0.5) is 10.1 Å². The van der Waals surface area contributed by atoms with Crippen LogP contribution in [0.15, 0.2) is 41.3 Å². The van der Waals surface area contributed by atoms with Gasteiger partial charge in [-0.15, -0.1) is 11.8 Å². The maximum absolute atomic E-state index is 14.0. The Bertz CT molecular complexity index is 759.